The van der Waals surface area contributed by atoms with Gasteiger partial charge in [-0.15, -0.1) is 11.3 Å². The van der Waals surface area contributed by atoms with Gasteiger partial charge in [0.1, 0.15) is 17.9 Å². The van der Waals surface area contributed by atoms with Crippen molar-refractivity contribution in [2.45, 2.75) is 26.7 Å². The van der Waals surface area contributed by atoms with E-state index in [1.165, 1.54) is 0 Å². The Bertz CT molecular complexity index is 955. The molecule has 3 heterocycles. The molecule has 154 valence electrons. The summed E-state index contributed by atoms with van der Waals surface area (Å²) < 4.78 is 11.5. The topological polar surface area (TPSA) is 72.4 Å². The number of nitrogens with zero attached hydrogens (tertiary/aromatic N) is 4. The van der Waals surface area contributed by atoms with Crippen LogP contribution in [0.1, 0.15) is 24.6 Å². The monoisotopic (exact) mass is 413 g/mol. The predicted octanol–water partition coefficient (Wildman–Crippen LogP) is 3.80. The van der Waals surface area contributed by atoms with Gasteiger partial charge in [0.05, 0.1) is 31.0 Å². The number of hydrogen-bond donors (Lipinski definition) is 1. The summed E-state index contributed by atoms with van der Waals surface area (Å²) >= 11 is 1.59. The predicted molar refractivity (Wildman–Crippen MR) is 116 cm³/mol. The van der Waals surface area contributed by atoms with E-state index in [9.17, 15) is 0 Å². The SMILES string of the molecule is CCc1csc(Nc2ncnc3cc(OCCCN4CCOCC4)c(C)cc23)n1. The maximum absolute atomic E-state index is 6.06. The number of ether oxygens (including phenoxy) is 2. The number of rotatable bonds is 8. The summed E-state index contributed by atoms with van der Waals surface area (Å²) in [6, 6.07) is 4.09. The summed E-state index contributed by atoms with van der Waals surface area (Å²) in [5, 5.41) is 7.23. The van der Waals surface area contributed by atoms with E-state index in [0.29, 0.717) is 6.61 Å². The first-order valence-electron chi connectivity index (χ1n) is 10.1. The lowest BCUT2D eigenvalue weighted by Gasteiger charge is -2.26. The molecule has 1 saturated heterocycles. The summed E-state index contributed by atoms with van der Waals surface area (Å²) in [7, 11) is 0. The summed E-state index contributed by atoms with van der Waals surface area (Å²) in [4.78, 5) is 15.9. The molecule has 2 aromatic heterocycles. The van der Waals surface area contributed by atoms with Crippen LogP contribution in [0, 0.1) is 6.92 Å². The highest BCUT2D eigenvalue weighted by Gasteiger charge is 2.12. The van der Waals surface area contributed by atoms with Crippen molar-refractivity contribution in [1.82, 2.24) is 19.9 Å². The largest absolute Gasteiger partial charge is 0.493 e. The molecule has 7 nitrogen and oxygen atoms in total. The van der Waals surface area contributed by atoms with E-state index < -0.39 is 0 Å². The minimum Gasteiger partial charge on any atom is -0.493 e. The van der Waals surface area contributed by atoms with Crippen LogP contribution in [0.4, 0.5) is 10.9 Å². The van der Waals surface area contributed by atoms with Crippen molar-refractivity contribution in [3.05, 3.63) is 35.1 Å². The third-order valence-corrected chi connectivity index (χ3v) is 5.86. The molecule has 0 amide bonds. The maximum Gasteiger partial charge on any atom is 0.188 e. The molecule has 0 aliphatic carbocycles. The van der Waals surface area contributed by atoms with Gasteiger partial charge < -0.3 is 14.8 Å². The van der Waals surface area contributed by atoms with Crippen molar-refractivity contribution >= 4 is 33.2 Å². The van der Waals surface area contributed by atoms with Crippen molar-refractivity contribution in [2.75, 3.05) is 44.8 Å². The lowest BCUT2D eigenvalue weighted by molar-refractivity contribution is 0.0358. The Balaban J connectivity index is 1.42. The molecule has 0 saturated carbocycles. The van der Waals surface area contributed by atoms with Crippen LogP contribution in [0.5, 0.6) is 5.75 Å². The Morgan fingerprint density at radius 2 is 2.10 bits per heavy atom. The quantitative estimate of drug-likeness (QED) is 0.563. The fraction of sp³-hybridized carbons (Fsp3) is 0.476. The number of hydrogen-bond acceptors (Lipinski definition) is 8. The number of nitrogens with one attached hydrogen (secondary N) is 1. The molecule has 0 unspecified atom stereocenters. The lowest BCUT2D eigenvalue weighted by Crippen LogP contribution is -2.37. The third-order valence-electron chi connectivity index (χ3n) is 5.05. The fourth-order valence-corrected chi connectivity index (χ4v) is 4.16. The lowest BCUT2D eigenvalue weighted by atomic mass is 10.1. The zero-order valence-corrected chi connectivity index (χ0v) is 17.8. The standard InChI is InChI=1S/C21H27N5O2S/c1-3-16-13-29-21(24-16)25-20-17-11-15(2)19(12-18(17)22-14-23-20)28-8-4-5-26-6-9-27-10-7-26/h11-14H,3-10H2,1-2H3,(H,22,23,24,25). The van der Waals surface area contributed by atoms with Crippen molar-refractivity contribution in [2.24, 2.45) is 0 Å². The minimum atomic E-state index is 0.693. The van der Waals surface area contributed by atoms with Gasteiger partial charge in [0.25, 0.3) is 0 Å². The molecule has 1 aromatic carbocycles. The van der Waals surface area contributed by atoms with Crippen molar-refractivity contribution < 1.29 is 9.47 Å². The van der Waals surface area contributed by atoms with Crippen molar-refractivity contribution in [1.29, 1.82) is 0 Å². The van der Waals surface area contributed by atoms with Gasteiger partial charge in [-0.25, -0.2) is 15.0 Å². The first-order valence-corrected chi connectivity index (χ1v) is 11.0. The van der Waals surface area contributed by atoms with Crippen LogP contribution in [0.25, 0.3) is 10.9 Å². The number of benzene rings is 1. The normalized spacial score (nSPS) is 15.0. The number of aromatic nitrogens is 3. The second-order valence-corrected chi connectivity index (χ2v) is 7.99. The molecule has 0 bridgehead atoms. The Labute approximate surface area is 175 Å². The van der Waals surface area contributed by atoms with Crippen LogP contribution in [-0.2, 0) is 11.2 Å². The number of anilines is 2. The molecule has 1 aliphatic heterocycles. The molecular weight excluding hydrogens is 386 g/mol. The number of morpholine rings is 1. The maximum atomic E-state index is 6.06. The van der Waals surface area contributed by atoms with E-state index >= 15 is 0 Å². The molecule has 0 spiro atoms. The minimum absolute atomic E-state index is 0.693. The van der Waals surface area contributed by atoms with Gasteiger partial charge in [0, 0.05) is 36.5 Å². The van der Waals surface area contributed by atoms with Crippen LogP contribution in [0.15, 0.2) is 23.8 Å². The summed E-state index contributed by atoms with van der Waals surface area (Å²) in [6.45, 7) is 9.60. The van der Waals surface area contributed by atoms with Crippen molar-refractivity contribution in [3.63, 3.8) is 0 Å². The number of thiazole rings is 1. The highest BCUT2D eigenvalue weighted by Crippen LogP contribution is 2.30. The van der Waals surface area contributed by atoms with E-state index in [1.54, 1.807) is 17.7 Å². The van der Waals surface area contributed by atoms with Crippen LogP contribution < -0.4 is 10.1 Å². The smallest absolute Gasteiger partial charge is 0.188 e. The Kier molecular flexibility index (Phi) is 6.53. The fourth-order valence-electron chi connectivity index (χ4n) is 3.37. The van der Waals surface area contributed by atoms with E-state index in [0.717, 1.165) is 84.5 Å². The molecule has 1 N–H and O–H groups in total. The molecule has 8 heteroatoms. The van der Waals surface area contributed by atoms with E-state index in [2.05, 4.69) is 50.5 Å². The molecule has 0 atom stereocenters. The summed E-state index contributed by atoms with van der Waals surface area (Å²) in [5.74, 6) is 1.65. The summed E-state index contributed by atoms with van der Waals surface area (Å²) in [6.07, 6.45) is 3.50. The molecule has 1 aliphatic rings. The van der Waals surface area contributed by atoms with Crippen LogP contribution >= 0.6 is 11.3 Å². The van der Waals surface area contributed by atoms with Gasteiger partial charge in [0.2, 0.25) is 0 Å². The zero-order chi connectivity index (χ0) is 20.1. The highest BCUT2D eigenvalue weighted by molar-refractivity contribution is 7.13. The molecule has 0 radical (unpaired) electrons. The van der Waals surface area contributed by atoms with Crippen LogP contribution in [-0.4, -0.2) is 59.3 Å². The Morgan fingerprint density at radius 1 is 1.24 bits per heavy atom. The second kappa shape index (κ2) is 9.47. The first-order chi connectivity index (χ1) is 14.2. The number of fused-ring (bicyclic) bond motifs is 1. The Morgan fingerprint density at radius 3 is 2.90 bits per heavy atom. The van der Waals surface area contributed by atoms with E-state index in [1.807, 2.05) is 6.07 Å². The average molecular weight is 414 g/mol. The zero-order valence-electron chi connectivity index (χ0n) is 17.0. The van der Waals surface area contributed by atoms with E-state index in [4.69, 9.17) is 9.47 Å². The van der Waals surface area contributed by atoms with Gasteiger partial charge >= 0.3 is 0 Å². The highest BCUT2D eigenvalue weighted by atomic mass is 32.1. The molecule has 3 aromatic rings. The Hall–Kier alpha value is -2.29. The molecular formula is C21H27N5O2S. The third kappa shape index (κ3) is 5.01. The number of aryl methyl sites for hydroxylation is 2. The molecule has 1 fully saturated rings. The molecule has 4 rings (SSSR count). The van der Waals surface area contributed by atoms with Gasteiger partial charge in [-0.1, -0.05) is 6.92 Å². The first kappa shape index (κ1) is 20.0. The van der Waals surface area contributed by atoms with Crippen molar-refractivity contribution in [3.8, 4) is 5.75 Å². The molecule has 29 heavy (non-hydrogen) atoms. The van der Waals surface area contributed by atoms with Crippen LogP contribution in [0.2, 0.25) is 0 Å². The van der Waals surface area contributed by atoms with Gasteiger partial charge in [0.15, 0.2) is 5.13 Å². The van der Waals surface area contributed by atoms with Gasteiger partial charge in [-0.2, -0.15) is 0 Å². The average Bonchev–Trinajstić information content (AvgIpc) is 3.20. The summed E-state index contributed by atoms with van der Waals surface area (Å²) in [5.41, 5.74) is 3.03. The van der Waals surface area contributed by atoms with Gasteiger partial charge in [-0.05, 0) is 31.4 Å². The van der Waals surface area contributed by atoms with E-state index in [-0.39, 0.29) is 0 Å². The van der Waals surface area contributed by atoms with Gasteiger partial charge in [-0.3, -0.25) is 4.90 Å². The van der Waals surface area contributed by atoms with Crippen LogP contribution in [0.3, 0.4) is 0 Å². The second-order valence-electron chi connectivity index (χ2n) is 7.14.